The van der Waals surface area contributed by atoms with Crippen LogP contribution < -0.4 is 5.32 Å². The van der Waals surface area contributed by atoms with E-state index in [4.69, 9.17) is 11.6 Å². The summed E-state index contributed by atoms with van der Waals surface area (Å²) in [5, 5.41) is 4.46. The van der Waals surface area contributed by atoms with Crippen molar-refractivity contribution < 1.29 is 0 Å². The number of hydrogen-bond donors (Lipinski definition) is 1. The molecule has 0 aromatic carbocycles. The average Bonchev–Trinajstić information content (AvgIpc) is 2.14. The van der Waals surface area contributed by atoms with Crippen LogP contribution in [0, 0.1) is 0 Å². The van der Waals surface area contributed by atoms with Crippen LogP contribution in [0.2, 0.25) is 5.15 Å². The van der Waals surface area contributed by atoms with Gasteiger partial charge in [-0.3, -0.25) is 0 Å². The van der Waals surface area contributed by atoms with Crippen LogP contribution in [0.1, 0.15) is 6.92 Å². The predicted molar refractivity (Wildman–Crippen MR) is 70.5 cm³/mol. The second-order valence-electron chi connectivity index (χ2n) is 3.87. The topological polar surface area (TPSA) is 41.1 Å². The summed E-state index contributed by atoms with van der Waals surface area (Å²) < 4.78 is 0. The Kier molecular flexibility index (Phi) is 5.31. The molecule has 4 nitrogen and oxygen atoms in total. The van der Waals surface area contributed by atoms with E-state index < -0.39 is 0 Å². The number of nitrogens with one attached hydrogen (secondary N) is 1. The minimum atomic E-state index is 0.315. The number of aromatic nitrogens is 2. The zero-order valence-electron chi connectivity index (χ0n) is 9.99. The first-order valence-corrected chi connectivity index (χ1v) is 6.61. The molecule has 90 valence electrons. The summed E-state index contributed by atoms with van der Waals surface area (Å²) in [5.41, 5.74) is 0. The monoisotopic (exact) mass is 260 g/mol. The molecule has 1 atom stereocenters. The first kappa shape index (κ1) is 13.5. The van der Waals surface area contributed by atoms with Crippen LogP contribution in [-0.4, -0.2) is 47.8 Å². The standard InChI is InChI=1S/C10H17ClN4S/c1-7(6-15(2)3)12-9-5-8(11)13-10(14-9)16-4/h5,7H,6H2,1-4H3,(H,12,13,14). The summed E-state index contributed by atoms with van der Waals surface area (Å²) in [6.07, 6.45) is 1.93. The minimum Gasteiger partial charge on any atom is -0.366 e. The predicted octanol–water partition coefficient (Wildman–Crippen LogP) is 2.21. The Morgan fingerprint density at radius 3 is 2.75 bits per heavy atom. The third-order valence-corrected chi connectivity index (χ3v) is 2.63. The van der Waals surface area contributed by atoms with E-state index in [1.54, 1.807) is 6.07 Å². The molecule has 0 aliphatic rings. The van der Waals surface area contributed by atoms with Crippen molar-refractivity contribution in [1.82, 2.24) is 14.9 Å². The van der Waals surface area contributed by atoms with Crippen molar-refractivity contribution in [3.05, 3.63) is 11.2 Å². The molecule has 0 spiro atoms. The molecular weight excluding hydrogens is 244 g/mol. The minimum absolute atomic E-state index is 0.315. The van der Waals surface area contributed by atoms with Crippen LogP contribution in [-0.2, 0) is 0 Å². The highest BCUT2D eigenvalue weighted by Crippen LogP contribution is 2.17. The average molecular weight is 261 g/mol. The third-order valence-electron chi connectivity index (χ3n) is 1.89. The molecule has 0 aliphatic carbocycles. The Balaban J connectivity index is 2.69. The van der Waals surface area contributed by atoms with E-state index in [2.05, 4.69) is 27.1 Å². The lowest BCUT2D eigenvalue weighted by Gasteiger charge is -2.18. The summed E-state index contributed by atoms with van der Waals surface area (Å²) in [7, 11) is 4.08. The molecule has 1 aromatic heterocycles. The van der Waals surface area contributed by atoms with Crippen LogP contribution in [0.5, 0.6) is 0 Å². The summed E-state index contributed by atoms with van der Waals surface area (Å²) >= 11 is 7.38. The van der Waals surface area contributed by atoms with E-state index >= 15 is 0 Å². The van der Waals surface area contributed by atoms with Crippen LogP contribution in [0.15, 0.2) is 11.2 Å². The van der Waals surface area contributed by atoms with E-state index in [1.807, 2.05) is 20.4 Å². The van der Waals surface area contributed by atoms with Crippen LogP contribution in [0.4, 0.5) is 5.82 Å². The number of nitrogens with zero attached hydrogens (tertiary/aromatic N) is 3. The largest absolute Gasteiger partial charge is 0.366 e. The Hall–Kier alpha value is -0.520. The van der Waals surface area contributed by atoms with Crippen molar-refractivity contribution >= 4 is 29.2 Å². The molecule has 0 fully saturated rings. The normalized spacial score (nSPS) is 12.9. The first-order valence-electron chi connectivity index (χ1n) is 5.01. The fourth-order valence-corrected chi connectivity index (χ4v) is 2.02. The first-order chi connectivity index (χ1) is 7.51. The number of hydrogen-bond acceptors (Lipinski definition) is 5. The molecule has 1 aromatic rings. The van der Waals surface area contributed by atoms with Crippen molar-refractivity contribution in [2.75, 3.05) is 32.2 Å². The molecule has 1 rings (SSSR count). The Bertz CT molecular complexity index is 346. The van der Waals surface area contributed by atoms with Gasteiger partial charge in [-0.15, -0.1) is 0 Å². The number of thioether (sulfide) groups is 1. The van der Waals surface area contributed by atoms with Gasteiger partial charge in [0.1, 0.15) is 11.0 Å². The molecule has 1 heterocycles. The highest BCUT2D eigenvalue weighted by molar-refractivity contribution is 7.98. The molecule has 0 bridgehead atoms. The smallest absolute Gasteiger partial charge is 0.190 e. The fourth-order valence-electron chi connectivity index (χ4n) is 1.41. The summed E-state index contributed by atoms with van der Waals surface area (Å²) in [6.45, 7) is 3.05. The highest BCUT2D eigenvalue weighted by Gasteiger charge is 2.07. The number of anilines is 1. The molecular formula is C10H17ClN4S. The summed E-state index contributed by atoms with van der Waals surface area (Å²) in [6, 6.07) is 2.06. The third kappa shape index (κ3) is 4.55. The van der Waals surface area contributed by atoms with Gasteiger partial charge in [0.15, 0.2) is 5.16 Å². The van der Waals surface area contributed by atoms with E-state index in [9.17, 15) is 0 Å². The van der Waals surface area contributed by atoms with Crippen molar-refractivity contribution in [3.63, 3.8) is 0 Å². The van der Waals surface area contributed by atoms with E-state index in [0.717, 1.165) is 12.4 Å². The van der Waals surface area contributed by atoms with Crippen molar-refractivity contribution in [3.8, 4) is 0 Å². The number of likely N-dealkylation sites (N-methyl/N-ethyl adjacent to an activating group) is 1. The molecule has 0 saturated carbocycles. The quantitative estimate of drug-likeness (QED) is 0.499. The van der Waals surface area contributed by atoms with Gasteiger partial charge in [-0.2, -0.15) is 0 Å². The molecule has 6 heteroatoms. The Labute approximate surface area is 106 Å². The van der Waals surface area contributed by atoms with E-state index in [-0.39, 0.29) is 0 Å². The SMILES string of the molecule is CSc1nc(Cl)cc(NC(C)CN(C)C)n1. The lowest BCUT2D eigenvalue weighted by atomic mass is 10.3. The summed E-state index contributed by atoms with van der Waals surface area (Å²) in [4.78, 5) is 10.5. The van der Waals surface area contributed by atoms with Gasteiger partial charge < -0.3 is 10.2 Å². The van der Waals surface area contributed by atoms with Gasteiger partial charge in [0.2, 0.25) is 0 Å². The van der Waals surface area contributed by atoms with E-state index in [0.29, 0.717) is 16.4 Å². The molecule has 1 unspecified atom stereocenters. The van der Waals surface area contributed by atoms with Gasteiger partial charge >= 0.3 is 0 Å². The van der Waals surface area contributed by atoms with Gasteiger partial charge in [0, 0.05) is 18.7 Å². The van der Waals surface area contributed by atoms with Gasteiger partial charge in [-0.05, 0) is 27.3 Å². The van der Waals surface area contributed by atoms with Crippen molar-refractivity contribution in [2.45, 2.75) is 18.1 Å². The van der Waals surface area contributed by atoms with Crippen molar-refractivity contribution in [1.29, 1.82) is 0 Å². The maximum Gasteiger partial charge on any atom is 0.190 e. The van der Waals surface area contributed by atoms with Gasteiger partial charge in [0.25, 0.3) is 0 Å². The lowest BCUT2D eigenvalue weighted by Crippen LogP contribution is -2.30. The molecule has 16 heavy (non-hydrogen) atoms. The van der Waals surface area contributed by atoms with Crippen molar-refractivity contribution in [2.24, 2.45) is 0 Å². The molecule has 0 radical (unpaired) electrons. The second kappa shape index (κ2) is 6.27. The maximum atomic E-state index is 5.90. The fraction of sp³-hybridized carbons (Fsp3) is 0.600. The molecule has 1 N–H and O–H groups in total. The number of halogens is 1. The molecule has 0 saturated heterocycles. The Morgan fingerprint density at radius 1 is 1.50 bits per heavy atom. The highest BCUT2D eigenvalue weighted by atomic mass is 35.5. The molecule has 0 amide bonds. The summed E-state index contributed by atoms with van der Waals surface area (Å²) in [5.74, 6) is 0.777. The van der Waals surface area contributed by atoms with Gasteiger partial charge in [-0.25, -0.2) is 9.97 Å². The maximum absolute atomic E-state index is 5.90. The molecule has 0 aliphatic heterocycles. The van der Waals surface area contributed by atoms with Gasteiger partial charge in [0.05, 0.1) is 0 Å². The zero-order valence-corrected chi connectivity index (χ0v) is 11.6. The van der Waals surface area contributed by atoms with Crippen LogP contribution in [0.3, 0.4) is 0 Å². The van der Waals surface area contributed by atoms with Gasteiger partial charge in [-0.1, -0.05) is 23.4 Å². The second-order valence-corrected chi connectivity index (χ2v) is 5.03. The van der Waals surface area contributed by atoms with Crippen LogP contribution >= 0.6 is 23.4 Å². The zero-order chi connectivity index (χ0) is 12.1. The lowest BCUT2D eigenvalue weighted by molar-refractivity contribution is 0.392. The number of rotatable bonds is 5. The Morgan fingerprint density at radius 2 is 2.19 bits per heavy atom. The van der Waals surface area contributed by atoms with Crippen LogP contribution in [0.25, 0.3) is 0 Å². The van der Waals surface area contributed by atoms with E-state index in [1.165, 1.54) is 11.8 Å².